The monoisotopic (exact) mass is 262 g/mol. The van der Waals surface area contributed by atoms with Gasteiger partial charge in [-0.15, -0.1) is 0 Å². The molecule has 0 N–H and O–H groups in total. The lowest BCUT2D eigenvalue weighted by atomic mass is 10.1. The Bertz CT molecular complexity index is 586. The fourth-order valence-electron chi connectivity index (χ4n) is 1.71. The molecule has 0 aliphatic heterocycles. The number of aryl methyl sites for hydroxylation is 1. The standard InChI is InChI=1S/C15H12F2O2/c1-10-4-2-3-5-12(10)9-19-15-13(16)6-11(8-18)7-14(15)17/h2-8H,9H2,1H3. The highest BCUT2D eigenvalue weighted by Gasteiger charge is 2.13. The number of ether oxygens (including phenoxy) is 1. The molecule has 0 fully saturated rings. The molecule has 98 valence electrons. The van der Waals surface area contributed by atoms with Crippen LogP contribution >= 0.6 is 0 Å². The smallest absolute Gasteiger partial charge is 0.191 e. The minimum atomic E-state index is -0.879. The molecule has 0 aliphatic carbocycles. The van der Waals surface area contributed by atoms with Crippen LogP contribution in [0, 0.1) is 18.6 Å². The molecule has 0 atom stereocenters. The van der Waals surface area contributed by atoms with Crippen LogP contribution in [-0.2, 0) is 6.61 Å². The fraction of sp³-hybridized carbons (Fsp3) is 0.133. The molecule has 2 aromatic carbocycles. The van der Waals surface area contributed by atoms with Gasteiger partial charge >= 0.3 is 0 Å². The van der Waals surface area contributed by atoms with Gasteiger partial charge in [-0.25, -0.2) is 8.78 Å². The normalized spacial score (nSPS) is 10.3. The topological polar surface area (TPSA) is 26.3 Å². The summed E-state index contributed by atoms with van der Waals surface area (Å²) in [5.41, 5.74) is 1.77. The predicted octanol–water partition coefficient (Wildman–Crippen LogP) is 3.66. The Morgan fingerprint density at radius 1 is 1.16 bits per heavy atom. The molecule has 0 saturated carbocycles. The number of hydrogen-bond donors (Lipinski definition) is 0. The van der Waals surface area contributed by atoms with E-state index in [2.05, 4.69) is 0 Å². The van der Waals surface area contributed by atoms with Gasteiger partial charge in [0.05, 0.1) is 0 Å². The molecule has 0 aliphatic rings. The summed E-state index contributed by atoms with van der Waals surface area (Å²) in [5, 5.41) is 0. The summed E-state index contributed by atoms with van der Waals surface area (Å²) in [6, 6.07) is 9.31. The second-order valence-corrected chi connectivity index (χ2v) is 4.15. The van der Waals surface area contributed by atoms with Crippen molar-refractivity contribution < 1.29 is 18.3 Å². The van der Waals surface area contributed by atoms with E-state index in [4.69, 9.17) is 4.74 Å². The molecule has 2 rings (SSSR count). The largest absolute Gasteiger partial charge is 0.483 e. The van der Waals surface area contributed by atoms with E-state index in [-0.39, 0.29) is 12.2 Å². The number of halogens is 2. The maximum absolute atomic E-state index is 13.6. The molecule has 0 spiro atoms. The van der Waals surface area contributed by atoms with Gasteiger partial charge in [0.25, 0.3) is 0 Å². The van der Waals surface area contributed by atoms with Gasteiger partial charge in [-0.05, 0) is 30.2 Å². The lowest BCUT2D eigenvalue weighted by Gasteiger charge is -2.10. The first-order valence-corrected chi connectivity index (χ1v) is 5.73. The molecule has 19 heavy (non-hydrogen) atoms. The Hall–Kier alpha value is -2.23. The number of carbonyl (C=O) groups excluding carboxylic acids is 1. The Labute approximate surface area is 109 Å². The molecule has 0 aromatic heterocycles. The minimum Gasteiger partial charge on any atom is -0.483 e. The van der Waals surface area contributed by atoms with Gasteiger partial charge < -0.3 is 4.74 Å². The van der Waals surface area contributed by atoms with Crippen molar-refractivity contribution in [3.63, 3.8) is 0 Å². The summed E-state index contributed by atoms with van der Waals surface area (Å²) in [5.74, 6) is -2.22. The third kappa shape index (κ3) is 2.96. The summed E-state index contributed by atoms with van der Waals surface area (Å²) in [4.78, 5) is 10.5. The van der Waals surface area contributed by atoms with Gasteiger partial charge in [-0.3, -0.25) is 4.79 Å². The summed E-state index contributed by atoms with van der Waals surface area (Å²) >= 11 is 0. The zero-order valence-electron chi connectivity index (χ0n) is 10.3. The van der Waals surface area contributed by atoms with E-state index in [1.165, 1.54) is 0 Å². The molecular formula is C15H12F2O2. The Morgan fingerprint density at radius 3 is 2.37 bits per heavy atom. The Kier molecular flexibility index (Phi) is 3.90. The van der Waals surface area contributed by atoms with Gasteiger partial charge in [-0.2, -0.15) is 0 Å². The summed E-state index contributed by atoms with van der Waals surface area (Å²) in [6.07, 6.45) is 0.386. The zero-order chi connectivity index (χ0) is 13.8. The van der Waals surface area contributed by atoms with Crippen LogP contribution in [0.1, 0.15) is 21.5 Å². The average molecular weight is 262 g/mol. The van der Waals surface area contributed by atoms with Crippen molar-refractivity contribution in [1.29, 1.82) is 0 Å². The third-order valence-corrected chi connectivity index (χ3v) is 2.79. The van der Waals surface area contributed by atoms with Crippen LogP contribution in [0.4, 0.5) is 8.78 Å². The third-order valence-electron chi connectivity index (χ3n) is 2.79. The SMILES string of the molecule is Cc1ccccc1COc1c(F)cc(C=O)cc1F. The van der Waals surface area contributed by atoms with Crippen molar-refractivity contribution in [2.24, 2.45) is 0 Å². The number of carbonyl (C=O) groups is 1. The molecule has 0 unspecified atom stereocenters. The first-order valence-electron chi connectivity index (χ1n) is 5.73. The van der Waals surface area contributed by atoms with E-state index in [0.29, 0.717) is 6.29 Å². The molecule has 0 radical (unpaired) electrons. The number of aldehydes is 1. The minimum absolute atomic E-state index is 0.0572. The Morgan fingerprint density at radius 2 is 1.79 bits per heavy atom. The van der Waals surface area contributed by atoms with Crippen LogP contribution in [0.5, 0.6) is 5.75 Å². The van der Waals surface area contributed by atoms with Crippen molar-refractivity contribution in [2.75, 3.05) is 0 Å². The first-order chi connectivity index (χ1) is 9.11. The molecule has 0 heterocycles. The van der Waals surface area contributed by atoms with E-state index in [1.54, 1.807) is 0 Å². The van der Waals surface area contributed by atoms with E-state index in [0.717, 1.165) is 23.3 Å². The average Bonchev–Trinajstić information content (AvgIpc) is 2.39. The van der Waals surface area contributed by atoms with Crippen molar-refractivity contribution in [1.82, 2.24) is 0 Å². The second-order valence-electron chi connectivity index (χ2n) is 4.15. The van der Waals surface area contributed by atoms with Gasteiger partial charge in [0.1, 0.15) is 12.9 Å². The summed E-state index contributed by atoms with van der Waals surface area (Å²) < 4.78 is 32.3. The molecular weight excluding hydrogens is 250 g/mol. The highest BCUT2D eigenvalue weighted by atomic mass is 19.1. The molecule has 0 bridgehead atoms. The second kappa shape index (κ2) is 5.61. The van der Waals surface area contributed by atoms with E-state index < -0.39 is 17.4 Å². The van der Waals surface area contributed by atoms with Crippen LogP contribution in [0.3, 0.4) is 0 Å². The summed E-state index contributed by atoms with van der Waals surface area (Å²) in [7, 11) is 0. The number of hydrogen-bond acceptors (Lipinski definition) is 2. The molecule has 4 heteroatoms. The van der Waals surface area contributed by atoms with Crippen molar-refractivity contribution in [2.45, 2.75) is 13.5 Å². The lowest BCUT2D eigenvalue weighted by Crippen LogP contribution is -2.02. The zero-order valence-corrected chi connectivity index (χ0v) is 10.3. The fourth-order valence-corrected chi connectivity index (χ4v) is 1.71. The van der Waals surface area contributed by atoms with Crippen LogP contribution < -0.4 is 4.74 Å². The van der Waals surface area contributed by atoms with Gasteiger partial charge in [-0.1, -0.05) is 24.3 Å². The molecule has 0 amide bonds. The predicted molar refractivity (Wildman–Crippen MR) is 67.3 cm³/mol. The van der Waals surface area contributed by atoms with Crippen LogP contribution in [0.15, 0.2) is 36.4 Å². The van der Waals surface area contributed by atoms with E-state index >= 15 is 0 Å². The van der Waals surface area contributed by atoms with Crippen molar-refractivity contribution in [3.05, 3.63) is 64.7 Å². The number of benzene rings is 2. The summed E-state index contributed by atoms with van der Waals surface area (Å²) in [6.45, 7) is 1.96. The van der Waals surface area contributed by atoms with E-state index in [1.807, 2.05) is 31.2 Å². The quantitative estimate of drug-likeness (QED) is 0.786. The molecule has 2 nitrogen and oxygen atoms in total. The molecule has 2 aromatic rings. The maximum Gasteiger partial charge on any atom is 0.191 e. The van der Waals surface area contributed by atoms with Gasteiger partial charge in [0.2, 0.25) is 0 Å². The van der Waals surface area contributed by atoms with Crippen molar-refractivity contribution >= 4 is 6.29 Å². The number of rotatable bonds is 4. The highest BCUT2D eigenvalue weighted by Crippen LogP contribution is 2.24. The first kappa shape index (κ1) is 13.2. The molecule has 0 saturated heterocycles. The Balaban J connectivity index is 2.21. The lowest BCUT2D eigenvalue weighted by molar-refractivity contribution is 0.112. The highest BCUT2D eigenvalue weighted by molar-refractivity contribution is 5.75. The van der Waals surface area contributed by atoms with Crippen molar-refractivity contribution in [3.8, 4) is 5.75 Å². The van der Waals surface area contributed by atoms with Gasteiger partial charge in [0.15, 0.2) is 17.4 Å². The van der Waals surface area contributed by atoms with Gasteiger partial charge in [0, 0.05) is 5.56 Å². The van der Waals surface area contributed by atoms with Crippen LogP contribution in [0.2, 0.25) is 0 Å². The van der Waals surface area contributed by atoms with E-state index in [9.17, 15) is 13.6 Å². The van der Waals surface area contributed by atoms with Crippen LogP contribution in [-0.4, -0.2) is 6.29 Å². The van der Waals surface area contributed by atoms with Crippen LogP contribution in [0.25, 0.3) is 0 Å². The maximum atomic E-state index is 13.6.